The summed E-state index contributed by atoms with van der Waals surface area (Å²) < 4.78 is 3.74. The Morgan fingerprint density at radius 3 is 2.93 bits per heavy atom. The molecule has 0 amide bonds. The molecule has 7 heteroatoms. The van der Waals surface area contributed by atoms with Crippen LogP contribution in [-0.4, -0.2) is 19.8 Å². The third kappa shape index (κ3) is 2.36. The molecule has 2 heterocycles. The first kappa shape index (κ1) is 9.29. The summed E-state index contributed by atoms with van der Waals surface area (Å²) in [6.45, 7) is 0.647. The van der Waals surface area contributed by atoms with E-state index >= 15 is 0 Å². The zero-order valence-electron chi connectivity index (χ0n) is 7.01. The minimum absolute atomic E-state index is 0.384. The number of hydrogen-bond donors (Lipinski definition) is 1. The van der Waals surface area contributed by atoms with Crippen molar-refractivity contribution in [2.75, 3.05) is 5.32 Å². The molecule has 0 aromatic carbocycles. The summed E-state index contributed by atoms with van der Waals surface area (Å²) in [6, 6.07) is 3.45. The first-order valence-electron chi connectivity index (χ1n) is 3.84. The molecule has 5 nitrogen and oxygen atoms in total. The lowest BCUT2D eigenvalue weighted by atomic mass is 10.5. The number of nitrogens with zero attached hydrogens (tertiary/aromatic N) is 4. The Kier molecular flexibility index (Phi) is 2.85. The molecular formula is C7H6ClN5S. The lowest BCUT2D eigenvalue weighted by Crippen LogP contribution is -2.00. The van der Waals surface area contributed by atoms with Crippen LogP contribution < -0.4 is 5.32 Å². The number of rotatable bonds is 3. The molecule has 1 N–H and O–H groups in total. The third-order valence-electron chi connectivity index (χ3n) is 1.48. The van der Waals surface area contributed by atoms with Gasteiger partial charge in [-0.05, 0) is 23.7 Å². The van der Waals surface area contributed by atoms with Crippen molar-refractivity contribution in [3.05, 3.63) is 28.4 Å². The van der Waals surface area contributed by atoms with Gasteiger partial charge in [0.25, 0.3) is 0 Å². The van der Waals surface area contributed by atoms with Crippen LogP contribution in [0.5, 0.6) is 0 Å². The van der Waals surface area contributed by atoms with Crippen LogP contribution in [0.25, 0.3) is 0 Å². The molecule has 0 spiro atoms. The predicted octanol–water partition coefficient (Wildman–Crippen LogP) is 1.59. The van der Waals surface area contributed by atoms with E-state index in [2.05, 4.69) is 25.1 Å². The summed E-state index contributed by atoms with van der Waals surface area (Å²) in [5.41, 5.74) is 0. The molecule has 2 aromatic heterocycles. The molecular weight excluding hydrogens is 222 g/mol. The van der Waals surface area contributed by atoms with Crippen molar-refractivity contribution >= 4 is 29.0 Å². The summed E-state index contributed by atoms with van der Waals surface area (Å²) in [5, 5.41) is 14.7. The fourth-order valence-corrected chi connectivity index (χ4v) is 1.38. The molecule has 0 saturated heterocycles. The highest BCUT2D eigenvalue weighted by atomic mass is 35.5. The Bertz CT molecular complexity index is 387. The SMILES string of the molecule is Clc1ccc(NCc2cnns2)nn1. The van der Waals surface area contributed by atoms with Crippen LogP contribution in [0, 0.1) is 0 Å². The second kappa shape index (κ2) is 4.30. The molecule has 0 aliphatic carbocycles. The van der Waals surface area contributed by atoms with Gasteiger partial charge in [0, 0.05) is 0 Å². The van der Waals surface area contributed by atoms with Crippen molar-refractivity contribution in [2.24, 2.45) is 0 Å². The monoisotopic (exact) mass is 227 g/mol. The van der Waals surface area contributed by atoms with Crippen LogP contribution in [0.4, 0.5) is 5.82 Å². The average molecular weight is 228 g/mol. The van der Waals surface area contributed by atoms with Crippen molar-refractivity contribution in [1.29, 1.82) is 0 Å². The van der Waals surface area contributed by atoms with Crippen molar-refractivity contribution in [2.45, 2.75) is 6.54 Å². The van der Waals surface area contributed by atoms with Crippen molar-refractivity contribution in [3.8, 4) is 0 Å². The van der Waals surface area contributed by atoms with Gasteiger partial charge in [0.15, 0.2) is 5.15 Å². The molecule has 0 aliphatic rings. The largest absolute Gasteiger partial charge is 0.364 e. The second-order valence-electron chi connectivity index (χ2n) is 2.48. The fourth-order valence-electron chi connectivity index (χ4n) is 0.853. The van der Waals surface area contributed by atoms with Crippen molar-refractivity contribution < 1.29 is 0 Å². The van der Waals surface area contributed by atoms with Gasteiger partial charge in [0.1, 0.15) is 5.82 Å². The molecule has 0 unspecified atom stereocenters. The molecule has 0 bridgehead atoms. The van der Waals surface area contributed by atoms with E-state index in [1.54, 1.807) is 18.3 Å². The van der Waals surface area contributed by atoms with Gasteiger partial charge in [-0.1, -0.05) is 16.1 Å². The van der Waals surface area contributed by atoms with E-state index in [0.29, 0.717) is 17.5 Å². The highest BCUT2D eigenvalue weighted by Crippen LogP contribution is 2.08. The maximum Gasteiger partial charge on any atom is 0.151 e. The van der Waals surface area contributed by atoms with Gasteiger partial charge in [-0.15, -0.1) is 15.3 Å². The minimum atomic E-state index is 0.384. The zero-order chi connectivity index (χ0) is 9.80. The van der Waals surface area contributed by atoms with E-state index in [0.717, 1.165) is 4.88 Å². The van der Waals surface area contributed by atoms with Crippen LogP contribution in [0.1, 0.15) is 4.88 Å². The van der Waals surface area contributed by atoms with Gasteiger partial charge in [-0.3, -0.25) is 0 Å². The maximum absolute atomic E-state index is 5.59. The fraction of sp³-hybridized carbons (Fsp3) is 0.143. The lowest BCUT2D eigenvalue weighted by molar-refractivity contribution is 1.00. The van der Waals surface area contributed by atoms with Crippen LogP contribution in [0.3, 0.4) is 0 Å². The summed E-state index contributed by atoms with van der Waals surface area (Å²) in [4.78, 5) is 1.04. The van der Waals surface area contributed by atoms with Crippen LogP contribution in [-0.2, 0) is 6.54 Å². The van der Waals surface area contributed by atoms with Gasteiger partial charge in [-0.2, -0.15) is 0 Å². The molecule has 72 valence electrons. The van der Waals surface area contributed by atoms with E-state index < -0.39 is 0 Å². The Morgan fingerprint density at radius 1 is 1.36 bits per heavy atom. The molecule has 2 aromatic rings. The quantitative estimate of drug-likeness (QED) is 0.863. The molecule has 0 aliphatic heterocycles. The van der Waals surface area contributed by atoms with Gasteiger partial charge in [-0.25, -0.2) is 0 Å². The Balaban J connectivity index is 1.95. The first-order chi connectivity index (χ1) is 6.84. The Hall–Kier alpha value is -1.27. The van der Waals surface area contributed by atoms with Gasteiger partial charge in [0.05, 0.1) is 17.6 Å². The van der Waals surface area contributed by atoms with Crippen LogP contribution in [0.15, 0.2) is 18.3 Å². The average Bonchev–Trinajstić information content (AvgIpc) is 2.70. The first-order valence-corrected chi connectivity index (χ1v) is 4.99. The van der Waals surface area contributed by atoms with Gasteiger partial charge >= 0.3 is 0 Å². The molecule has 0 atom stereocenters. The number of halogens is 1. The predicted molar refractivity (Wildman–Crippen MR) is 54.3 cm³/mol. The normalized spacial score (nSPS) is 10.1. The molecule has 2 rings (SSSR count). The summed E-state index contributed by atoms with van der Waals surface area (Å²) >= 11 is 6.94. The van der Waals surface area contributed by atoms with E-state index in [1.165, 1.54) is 11.5 Å². The Morgan fingerprint density at radius 2 is 2.29 bits per heavy atom. The second-order valence-corrected chi connectivity index (χ2v) is 3.74. The van der Waals surface area contributed by atoms with E-state index in [1.807, 2.05) is 0 Å². The molecule has 0 fully saturated rings. The highest BCUT2D eigenvalue weighted by molar-refractivity contribution is 7.05. The number of anilines is 1. The van der Waals surface area contributed by atoms with Crippen molar-refractivity contribution in [3.63, 3.8) is 0 Å². The van der Waals surface area contributed by atoms with E-state index in [9.17, 15) is 0 Å². The number of nitrogens with one attached hydrogen (secondary N) is 1. The van der Waals surface area contributed by atoms with Gasteiger partial charge < -0.3 is 5.32 Å². The number of aromatic nitrogens is 4. The Labute approximate surface area is 89.3 Å². The van der Waals surface area contributed by atoms with Gasteiger partial charge in [0.2, 0.25) is 0 Å². The molecule has 0 radical (unpaired) electrons. The van der Waals surface area contributed by atoms with E-state index in [4.69, 9.17) is 11.6 Å². The lowest BCUT2D eigenvalue weighted by Gasteiger charge is -2.00. The van der Waals surface area contributed by atoms with Crippen LogP contribution >= 0.6 is 23.1 Å². The third-order valence-corrected chi connectivity index (χ3v) is 2.34. The standard InChI is InChI=1S/C7H6ClN5S/c8-6-1-2-7(12-11-6)9-3-5-4-10-13-14-5/h1-2,4H,3H2,(H,9,12). The highest BCUT2D eigenvalue weighted by Gasteiger charge is 1.97. The summed E-state index contributed by atoms with van der Waals surface area (Å²) in [7, 11) is 0. The summed E-state index contributed by atoms with van der Waals surface area (Å²) in [6.07, 6.45) is 1.71. The maximum atomic E-state index is 5.59. The van der Waals surface area contributed by atoms with Crippen molar-refractivity contribution in [1.82, 2.24) is 19.8 Å². The minimum Gasteiger partial charge on any atom is -0.364 e. The molecule has 0 saturated carbocycles. The zero-order valence-corrected chi connectivity index (χ0v) is 8.59. The molecule has 14 heavy (non-hydrogen) atoms. The van der Waals surface area contributed by atoms with Crippen LogP contribution in [0.2, 0.25) is 5.15 Å². The van der Waals surface area contributed by atoms with E-state index in [-0.39, 0.29) is 0 Å². The number of hydrogen-bond acceptors (Lipinski definition) is 6. The summed E-state index contributed by atoms with van der Waals surface area (Å²) in [5.74, 6) is 0.683. The smallest absolute Gasteiger partial charge is 0.151 e. The topological polar surface area (TPSA) is 63.6 Å².